The Kier molecular flexibility index (Phi) is 4.83. The van der Waals surface area contributed by atoms with Crippen molar-refractivity contribution in [3.63, 3.8) is 0 Å². The Labute approximate surface area is 164 Å². The van der Waals surface area contributed by atoms with E-state index in [9.17, 15) is 4.79 Å². The van der Waals surface area contributed by atoms with Gasteiger partial charge in [0.15, 0.2) is 27.7 Å². The maximum Gasteiger partial charge on any atom is 0.240 e. The molecule has 1 unspecified atom stereocenters. The molecule has 28 heavy (non-hydrogen) atoms. The van der Waals surface area contributed by atoms with Crippen LogP contribution in [0.3, 0.4) is 0 Å². The van der Waals surface area contributed by atoms with Gasteiger partial charge < -0.3 is 4.90 Å². The second-order valence-corrected chi connectivity index (χ2v) is 7.53. The van der Waals surface area contributed by atoms with Crippen LogP contribution in [0.2, 0.25) is 0 Å². The van der Waals surface area contributed by atoms with Gasteiger partial charge in [-0.1, -0.05) is 11.3 Å². The molecule has 148 valence electrons. The number of carbonyl (C=O) groups excluding carboxylic acids is 1. The molecule has 0 bridgehead atoms. The van der Waals surface area contributed by atoms with E-state index in [2.05, 4.69) is 37.3 Å². The van der Waals surface area contributed by atoms with Gasteiger partial charge in [0.05, 0.1) is 6.20 Å². The average molecular weight is 403 g/mol. The van der Waals surface area contributed by atoms with E-state index in [0.717, 1.165) is 18.1 Å². The van der Waals surface area contributed by atoms with Crippen molar-refractivity contribution < 1.29 is 4.79 Å². The van der Waals surface area contributed by atoms with Crippen molar-refractivity contribution in [3.05, 3.63) is 16.9 Å². The molecule has 4 heterocycles. The fraction of sp³-hybridized carbons (Fsp3) is 0.467. The number of amides is 1. The summed E-state index contributed by atoms with van der Waals surface area (Å²) >= 11 is 1.37. The molecule has 13 heteroatoms. The standard InChI is InChI=1S/C15H21N11OS/c1-9(27)25-12-13(28-15(19-12)23(2)3)21-20-11-10(7-16)8-18-26(11)14-17-5-4-6-24(14)22-25/h8,14,16-17,21-22H,4-6H2,1-3H3/b20-11+. The molecule has 2 aliphatic heterocycles. The largest absolute Gasteiger partial charge is 0.354 e. The van der Waals surface area contributed by atoms with Gasteiger partial charge in [-0.05, 0) is 18.8 Å². The van der Waals surface area contributed by atoms with Gasteiger partial charge in [0.25, 0.3) is 0 Å². The zero-order valence-electron chi connectivity index (χ0n) is 15.7. The first-order valence-corrected chi connectivity index (χ1v) is 9.53. The number of nitrogens with zero attached hydrogens (tertiary/aromatic N) is 7. The number of thiazole rings is 1. The van der Waals surface area contributed by atoms with Crippen LogP contribution in [0.25, 0.3) is 0 Å². The minimum absolute atomic E-state index is 0.210. The normalized spacial score (nSPS) is 20.6. The maximum absolute atomic E-state index is 12.4. The number of fused-ring (bicyclic) bond motifs is 4. The maximum atomic E-state index is 12.4. The van der Waals surface area contributed by atoms with Crippen LogP contribution in [-0.4, -0.2) is 58.7 Å². The van der Waals surface area contributed by atoms with Crippen LogP contribution in [0.4, 0.5) is 16.0 Å². The van der Waals surface area contributed by atoms with E-state index >= 15 is 0 Å². The fourth-order valence-corrected chi connectivity index (χ4v) is 3.80. The molecule has 1 fully saturated rings. The van der Waals surface area contributed by atoms with Crippen molar-refractivity contribution in [3.8, 4) is 0 Å². The number of nitrogens with one attached hydrogen (secondary N) is 4. The number of hydrogen-bond acceptors (Lipinski definition) is 11. The van der Waals surface area contributed by atoms with Crippen molar-refractivity contribution in [2.45, 2.75) is 19.6 Å². The van der Waals surface area contributed by atoms with E-state index in [1.54, 1.807) is 10.9 Å². The van der Waals surface area contributed by atoms with Gasteiger partial charge in [-0.2, -0.15) is 25.7 Å². The Balaban J connectivity index is 1.93. The molecular formula is C15H21N11OS. The smallest absolute Gasteiger partial charge is 0.240 e. The quantitative estimate of drug-likeness (QED) is 0.424. The summed E-state index contributed by atoms with van der Waals surface area (Å²) in [7, 11) is 3.77. The van der Waals surface area contributed by atoms with Gasteiger partial charge in [-0.15, -0.1) is 0 Å². The Hall–Kier alpha value is -2.83. The number of carbonyl (C=O) groups is 1. The summed E-state index contributed by atoms with van der Waals surface area (Å²) in [4.78, 5) is 18.9. The molecule has 1 atom stereocenters. The number of hydrazine groups is 2. The first-order chi connectivity index (χ1) is 13.5. The monoisotopic (exact) mass is 403 g/mol. The summed E-state index contributed by atoms with van der Waals surface area (Å²) < 4.78 is 1.66. The fourth-order valence-electron chi connectivity index (χ4n) is 2.99. The molecular weight excluding hydrogens is 382 g/mol. The molecule has 4 rings (SSSR count). The zero-order valence-corrected chi connectivity index (χ0v) is 16.5. The summed E-state index contributed by atoms with van der Waals surface area (Å²) in [5, 5.41) is 24.8. The van der Waals surface area contributed by atoms with Gasteiger partial charge in [0, 0.05) is 27.6 Å². The molecule has 4 N–H and O–H groups in total. The van der Waals surface area contributed by atoms with E-state index < -0.39 is 6.29 Å². The van der Waals surface area contributed by atoms with Gasteiger partial charge in [0.2, 0.25) is 5.91 Å². The topological polar surface area (TPSA) is 130 Å². The summed E-state index contributed by atoms with van der Waals surface area (Å²) in [5.41, 5.74) is 6.63. The average Bonchev–Trinajstić information content (AvgIpc) is 3.28. The van der Waals surface area contributed by atoms with E-state index in [0.29, 0.717) is 28.1 Å². The second kappa shape index (κ2) is 7.30. The van der Waals surface area contributed by atoms with Crippen LogP contribution in [0.15, 0.2) is 11.3 Å². The van der Waals surface area contributed by atoms with E-state index in [4.69, 9.17) is 5.41 Å². The number of anilines is 3. The second-order valence-electron chi connectivity index (χ2n) is 6.55. The first-order valence-electron chi connectivity index (χ1n) is 8.71. The van der Waals surface area contributed by atoms with Crippen molar-refractivity contribution in [1.29, 1.82) is 5.41 Å². The molecule has 2 aliphatic rings. The lowest BCUT2D eigenvalue weighted by Crippen LogP contribution is -2.62. The molecule has 0 spiro atoms. The van der Waals surface area contributed by atoms with Crippen LogP contribution in [0, 0.1) is 5.41 Å². The van der Waals surface area contributed by atoms with Crippen molar-refractivity contribution >= 4 is 39.1 Å². The minimum Gasteiger partial charge on any atom is -0.354 e. The van der Waals surface area contributed by atoms with E-state index in [-0.39, 0.29) is 5.91 Å². The SMILES string of the molecule is CC(=O)N1NN2CCCNC2n2ncc(=C=N)/c2=N\Nc2sc(N(C)C)nc21. The summed E-state index contributed by atoms with van der Waals surface area (Å²) in [6.45, 7) is 2.94. The Morgan fingerprint density at radius 2 is 2.29 bits per heavy atom. The molecule has 0 aromatic carbocycles. The predicted molar refractivity (Wildman–Crippen MR) is 105 cm³/mol. The molecule has 0 saturated carbocycles. The van der Waals surface area contributed by atoms with Gasteiger partial charge >= 0.3 is 0 Å². The van der Waals surface area contributed by atoms with Crippen LogP contribution < -0.4 is 36.9 Å². The predicted octanol–water partition coefficient (Wildman–Crippen LogP) is -1.49. The molecule has 1 amide bonds. The van der Waals surface area contributed by atoms with E-state index in [1.807, 2.05) is 24.0 Å². The number of hydrogen-bond donors (Lipinski definition) is 4. The van der Waals surface area contributed by atoms with Crippen LogP contribution in [-0.2, 0) is 4.79 Å². The van der Waals surface area contributed by atoms with Crippen molar-refractivity contribution in [2.24, 2.45) is 5.10 Å². The molecule has 12 nitrogen and oxygen atoms in total. The third-order valence-electron chi connectivity index (χ3n) is 4.33. The van der Waals surface area contributed by atoms with Gasteiger partial charge in [-0.3, -0.25) is 20.9 Å². The highest BCUT2D eigenvalue weighted by Gasteiger charge is 2.31. The molecule has 1 saturated heterocycles. The Morgan fingerprint density at radius 1 is 1.46 bits per heavy atom. The van der Waals surface area contributed by atoms with Crippen LogP contribution in [0.1, 0.15) is 19.6 Å². The molecule has 2 aromatic heterocycles. The highest BCUT2D eigenvalue weighted by Crippen LogP contribution is 2.36. The Morgan fingerprint density at radius 3 is 3.00 bits per heavy atom. The van der Waals surface area contributed by atoms with E-state index in [1.165, 1.54) is 23.3 Å². The molecule has 0 radical (unpaired) electrons. The van der Waals surface area contributed by atoms with Crippen LogP contribution in [0.5, 0.6) is 0 Å². The number of rotatable bonds is 1. The highest BCUT2D eigenvalue weighted by molar-refractivity contribution is 7.20. The van der Waals surface area contributed by atoms with Gasteiger partial charge in [-0.25, -0.2) is 9.69 Å². The summed E-state index contributed by atoms with van der Waals surface area (Å²) in [5.74, 6) is 2.59. The van der Waals surface area contributed by atoms with Crippen molar-refractivity contribution in [2.75, 3.05) is 42.5 Å². The third-order valence-corrected chi connectivity index (χ3v) is 5.45. The Bertz CT molecular complexity index is 1040. The van der Waals surface area contributed by atoms with Crippen LogP contribution >= 0.6 is 11.3 Å². The lowest BCUT2D eigenvalue weighted by atomic mass is 10.3. The first kappa shape index (κ1) is 18.5. The van der Waals surface area contributed by atoms with Crippen molar-refractivity contribution in [1.82, 2.24) is 30.6 Å². The lowest BCUT2D eigenvalue weighted by Gasteiger charge is -2.39. The summed E-state index contributed by atoms with van der Waals surface area (Å²) in [6, 6.07) is 0. The summed E-state index contributed by atoms with van der Waals surface area (Å²) in [6.07, 6.45) is 2.03. The third kappa shape index (κ3) is 3.15. The molecule has 2 aromatic rings. The van der Waals surface area contributed by atoms with Gasteiger partial charge in [0.1, 0.15) is 5.22 Å². The zero-order chi connectivity index (χ0) is 19.8. The minimum atomic E-state index is -0.397. The number of aromatic nitrogens is 3. The molecule has 0 aliphatic carbocycles. The lowest BCUT2D eigenvalue weighted by molar-refractivity contribution is -0.119. The highest BCUT2D eigenvalue weighted by atomic mass is 32.1.